The highest BCUT2D eigenvalue weighted by molar-refractivity contribution is 5.98. The number of alkyl halides is 2. The van der Waals surface area contributed by atoms with Gasteiger partial charge in [-0.2, -0.15) is 0 Å². The van der Waals surface area contributed by atoms with Crippen molar-refractivity contribution in [3.8, 4) is 0 Å². The standard InChI is InChI=1S/C11H14F3N3O/c1-3-15-10-8(4-7(12)5-16-10)11(18)17(2)6-9(13)14/h4-5,9H,3,6H2,1-2H3,(H,15,16). The fourth-order valence-electron chi connectivity index (χ4n) is 1.41. The average molecular weight is 261 g/mol. The van der Waals surface area contributed by atoms with Crippen molar-refractivity contribution < 1.29 is 18.0 Å². The molecule has 1 N–H and O–H groups in total. The average Bonchev–Trinajstić information content (AvgIpc) is 2.30. The first kappa shape index (κ1) is 14.3. The molecule has 1 amide bonds. The highest BCUT2D eigenvalue weighted by Gasteiger charge is 2.20. The van der Waals surface area contributed by atoms with Crippen LogP contribution in [0.25, 0.3) is 0 Å². The lowest BCUT2D eigenvalue weighted by atomic mass is 10.2. The molecule has 0 atom stereocenters. The van der Waals surface area contributed by atoms with Crippen LogP contribution in [-0.2, 0) is 0 Å². The maximum absolute atomic E-state index is 13.1. The van der Waals surface area contributed by atoms with Gasteiger partial charge in [0.1, 0.15) is 11.6 Å². The van der Waals surface area contributed by atoms with Crippen LogP contribution in [0.1, 0.15) is 17.3 Å². The highest BCUT2D eigenvalue weighted by Crippen LogP contribution is 2.16. The van der Waals surface area contributed by atoms with E-state index >= 15 is 0 Å². The van der Waals surface area contributed by atoms with E-state index in [1.807, 2.05) is 0 Å². The van der Waals surface area contributed by atoms with Crippen LogP contribution in [0.3, 0.4) is 0 Å². The van der Waals surface area contributed by atoms with Crippen LogP contribution in [0.5, 0.6) is 0 Å². The zero-order valence-electron chi connectivity index (χ0n) is 10.1. The minimum Gasteiger partial charge on any atom is -0.370 e. The van der Waals surface area contributed by atoms with Gasteiger partial charge in [-0.3, -0.25) is 4.79 Å². The number of amides is 1. The van der Waals surface area contributed by atoms with Gasteiger partial charge in [0, 0.05) is 13.6 Å². The number of rotatable bonds is 5. The molecule has 4 nitrogen and oxygen atoms in total. The summed E-state index contributed by atoms with van der Waals surface area (Å²) in [7, 11) is 1.23. The molecule has 0 bridgehead atoms. The fraction of sp³-hybridized carbons (Fsp3) is 0.455. The molecule has 1 aromatic rings. The largest absolute Gasteiger partial charge is 0.370 e. The van der Waals surface area contributed by atoms with Gasteiger partial charge in [0.15, 0.2) is 0 Å². The van der Waals surface area contributed by atoms with E-state index in [9.17, 15) is 18.0 Å². The first-order valence-electron chi connectivity index (χ1n) is 5.38. The molecular formula is C11H14F3N3O. The molecule has 18 heavy (non-hydrogen) atoms. The minimum absolute atomic E-state index is 0.0556. The van der Waals surface area contributed by atoms with Gasteiger partial charge in [0.2, 0.25) is 0 Å². The molecule has 1 aromatic heterocycles. The summed E-state index contributed by atoms with van der Waals surface area (Å²) in [6, 6.07) is 0.981. The van der Waals surface area contributed by atoms with Crippen LogP contribution in [0.15, 0.2) is 12.3 Å². The van der Waals surface area contributed by atoms with E-state index in [1.54, 1.807) is 6.92 Å². The molecule has 0 radical (unpaired) electrons. The number of hydrogen-bond donors (Lipinski definition) is 1. The summed E-state index contributed by atoms with van der Waals surface area (Å²) < 4.78 is 37.4. The first-order chi connectivity index (χ1) is 8.45. The zero-order chi connectivity index (χ0) is 13.7. The third-order valence-electron chi connectivity index (χ3n) is 2.19. The second kappa shape index (κ2) is 6.23. The van der Waals surface area contributed by atoms with Crippen molar-refractivity contribution >= 4 is 11.7 Å². The molecule has 0 aliphatic heterocycles. The minimum atomic E-state index is -2.64. The third-order valence-corrected chi connectivity index (χ3v) is 2.19. The van der Waals surface area contributed by atoms with E-state index in [0.29, 0.717) is 6.54 Å². The monoisotopic (exact) mass is 261 g/mol. The number of pyridine rings is 1. The normalized spacial score (nSPS) is 10.6. The number of anilines is 1. The molecular weight excluding hydrogens is 247 g/mol. The Morgan fingerprint density at radius 1 is 1.56 bits per heavy atom. The van der Waals surface area contributed by atoms with Crippen LogP contribution in [0.2, 0.25) is 0 Å². The third kappa shape index (κ3) is 3.61. The quantitative estimate of drug-likeness (QED) is 0.881. The Labute approximate surface area is 103 Å². The van der Waals surface area contributed by atoms with Crippen molar-refractivity contribution in [2.75, 3.05) is 25.5 Å². The molecule has 7 heteroatoms. The van der Waals surface area contributed by atoms with E-state index in [4.69, 9.17) is 0 Å². The number of aromatic nitrogens is 1. The summed E-state index contributed by atoms with van der Waals surface area (Å²) in [5, 5.41) is 2.78. The summed E-state index contributed by atoms with van der Waals surface area (Å²) in [6.07, 6.45) is -1.68. The molecule has 1 heterocycles. The Bertz CT molecular complexity index is 426. The molecule has 0 spiro atoms. The number of halogens is 3. The molecule has 0 aliphatic carbocycles. The van der Waals surface area contributed by atoms with Crippen molar-refractivity contribution in [2.45, 2.75) is 13.3 Å². The van der Waals surface area contributed by atoms with Gasteiger partial charge in [0.25, 0.3) is 12.3 Å². The molecule has 0 saturated carbocycles. The second-order valence-corrected chi connectivity index (χ2v) is 3.66. The lowest BCUT2D eigenvalue weighted by Crippen LogP contribution is -2.32. The molecule has 0 fully saturated rings. The first-order valence-corrected chi connectivity index (χ1v) is 5.38. The summed E-state index contributed by atoms with van der Waals surface area (Å²) in [6.45, 7) is 1.56. The van der Waals surface area contributed by atoms with Gasteiger partial charge in [-0.25, -0.2) is 18.2 Å². The smallest absolute Gasteiger partial charge is 0.257 e. The Morgan fingerprint density at radius 3 is 2.78 bits per heavy atom. The van der Waals surface area contributed by atoms with Gasteiger partial charge in [-0.15, -0.1) is 0 Å². The predicted octanol–water partition coefficient (Wildman–Crippen LogP) is 1.99. The Balaban J connectivity index is 2.99. The van der Waals surface area contributed by atoms with Crippen molar-refractivity contribution in [1.29, 1.82) is 0 Å². The van der Waals surface area contributed by atoms with Crippen LogP contribution < -0.4 is 5.32 Å². The number of carbonyl (C=O) groups is 1. The number of hydrogen-bond acceptors (Lipinski definition) is 3. The van der Waals surface area contributed by atoms with E-state index in [1.165, 1.54) is 7.05 Å². The van der Waals surface area contributed by atoms with Crippen LogP contribution in [0.4, 0.5) is 19.0 Å². The number of nitrogens with zero attached hydrogens (tertiary/aromatic N) is 2. The maximum Gasteiger partial charge on any atom is 0.257 e. The van der Waals surface area contributed by atoms with Crippen LogP contribution in [0, 0.1) is 5.82 Å². The van der Waals surface area contributed by atoms with Gasteiger partial charge < -0.3 is 10.2 Å². The number of nitrogens with one attached hydrogen (secondary N) is 1. The molecule has 0 aliphatic rings. The molecule has 0 aromatic carbocycles. The fourth-order valence-corrected chi connectivity index (χ4v) is 1.41. The second-order valence-electron chi connectivity index (χ2n) is 3.66. The predicted molar refractivity (Wildman–Crippen MR) is 61.3 cm³/mol. The van der Waals surface area contributed by atoms with Gasteiger partial charge in [-0.05, 0) is 13.0 Å². The summed E-state index contributed by atoms with van der Waals surface area (Å²) >= 11 is 0. The zero-order valence-corrected chi connectivity index (χ0v) is 10.1. The molecule has 100 valence electrons. The summed E-state index contributed by atoms with van der Waals surface area (Å²) in [4.78, 5) is 16.4. The van der Waals surface area contributed by atoms with E-state index < -0.39 is 24.7 Å². The molecule has 1 rings (SSSR count). The SMILES string of the molecule is CCNc1ncc(F)cc1C(=O)N(C)CC(F)F. The topological polar surface area (TPSA) is 45.2 Å². The highest BCUT2D eigenvalue weighted by atomic mass is 19.3. The summed E-state index contributed by atoms with van der Waals surface area (Å²) in [5.41, 5.74) is -0.0556. The lowest BCUT2D eigenvalue weighted by Gasteiger charge is -2.18. The van der Waals surface area contributed by atoms with Crippen LogP contribution in [-0.4, -0.2) is 42.4 Å². The summed E-state index contributed by atoms with van der Waals surface area (Å²) in [5.74, 6) is -1.20. The van der Waals surface area contributed by atoms with Crippen molar-refractivity contribution in [3.05, 3.63) is 23.6 Å². The number of carbonyl (C=O) groups excluding carboxylic acids is 1. The lowest BCUT2D eigenvalue weighted by molar-refractivity contribution is 0.0620. The van der Waals surface area contributed by atoms with Crippen molar-refractivity contribution in [2.24, 2.45) is 0 Å². The Morgan fingerprint density at radius 2 is 2.22 bits per heavy atom. The molecule has 0 unspecified atom stereocenters. The Hall–Kier alpha value is -1.79. The van der Waals surface area contributed by atoms with Crippen molar-refractivity contribution in [1.82, 2.24) is 9.88 Å². The Kier molecular flexibility index (Phi) is 4.94. The van der Waals surface area contributed by atoms with E-state index in [2.05, 4.69) is 10.3 Å². The van der Waals surface area contributed by atoms with Gasteiger partial charge >= 0.3 is 0 Å². The molecule has 0 saturated heterocycles. The van der Waals surface area contributed by atoms with E-state index in [-0.39, 0.29) is 11.4 Å². The van der Waals surface area contributed by atoms with Crippen molar-refractivity contribution in [3.63, 3.8) is 0 Å². The maximum atomic E-state index is 13.1. The van der Waals surface area contributed by atoms with Gasteiger partial charge in [-0.1, -0.05) is 0 Å². The van der Waals surface area contributed by atoms with Gasteiger partial charge in [0.05, 0.1) is 18.3 Å². The van der Waals surface area contributed by atoms with Crippen LogP contribution >= 0.6 is 0 Å². The van der Waals surface area contributed by atoms with E-state index in [0.717, 1.165) is 17.2 Å².